The summed E-state index contributed by atoms with van der Waals surface area (Å²) in [6.07, 6.45) is 5.19. The molecule has 0 unspecified atom stereocenters. The van der Waals surface area contributed by atoms with Gasteiger partial charge >= 0.3 is 57.5 Å². The van der Waals surface area contributed by atoms with Crippen molar-refractivity contribution in [2.75, 3.05) is 0 Å². The molecule has 1 fully saturated rings. The fraction of sp³-hybridized carbons (Fsp3) is 0.857. The van der Waals surface area contributed by atoms with E-state index >= 15 is 0 Å². The Morgan fingerprint density at radius 1 is 1.29 bits per heavy atom. The van der Waals surface area contributed by atoms with E-state index in [2.05, 4.69) is 31.1 Å². The van der Waals surface area contributed by atoms with Gasteiger partial charge in [0.25, 0.3) is 0 Å². The van der Waals surface area contributed by atoms with Crippen LogP contribution in [0.2, 0.25) is 0 Å². The summed E-state index contributed by atoms with van der Waals surface area (Å²) in [6, 6.07) is 0.291. The number of thiol groups is 2. The Kier molecular flexibility index (Phi) is 9.66. The summed E-state index contributed by atoms with van der Waals surface area (Å²) >= 11 is 7.35. The summed E-state index contributed by atoms with van der Waals surface area (Å²) in [7, 11) is 0. The van der Waals surface area contributed by atoms with E-state index in [1.54, 1.807) is 0 Å². The van der Waals surface area contributed by atoms with Crippen LogP contribution in [0.1, 0.15) is 32.1 Å². The first-order valence-electron chi connectivity index (χ1n) is 4.34. The molecule has 7 heteroatoms. The van der Waals surface area contributed by atoms with Crippen LogP contribution in [0, 0.1) is 0 Å². The zero-order valence-corrected chi connectivity index (χ0v) is 9.06. The molecule has 1 saturated carbocycles. The average Bonchev–Trinajstić information content (AvgIpc) is 2.15. The number of amides is 1. The molecular weight excluding hydrogens is 247 g/mol. The Morgan fingerprint density at radius 3 is 2.36 bits per heavy atom. The summed E-state index contributed by atoms with van der Waals surface area (Å²) in [5, 5.41) is 0. The number of rotatable bonds is 2. The predicted molar refractivity (Wildman–Crippen MR) is 63.4 cm³/mol. The summed E-state index contributed by atoms with van der Waals surface area (Å²) in [6.45, 7) is 0. The van der Waals surface area contributed by atoms with E-state index in [4.69, 9.17) is 4.84 Å². The molecule has 4 nitrogen and oxygen atoms in total. The Hall–Kier alpha value is 1.57. The third-order valence-electron chi connectivity index (χ3n) is 2.08. The molecule has 0 aromatic carbocycles. The van der Waals surface area contributed by atoms with Crippen molar-refractivity contribution >= 4 is 83.1 Å². The van der Waals surface area contributed by atoms with Crippen molar-refractivity contribution in [2.45, 2.75) is 38.1 Å². The Bertz CT molecular complexity index is 177. The van der Waals surface area contributed by atoms with Crippen molar-refractivity contribution in [1.29, 1.82) is 0 Å². The van der Waals surface area contributed by atoms with E-state index in [0.717, 1.165) is 16.6 Å². The van der Waals surface area contributed by atoms with Gasteiger partial charge < -0.3 is 4.84 Å². The second-order valence-electron chi connectivity index (χ2n) is 3.11. The van der Waals surface area contributed by atoms with Gasteiger partial charge in [0.05, 0.1) is 0 Å². The predicted octanol–water partition coefficient (Wildman–Crippen LogP) is 1.30. The van der Waals surface area contributed by atoms with E-state index in [-0.39, 0.29) is 51.4 Å². The molecule has 0 spiro atoms. The molecule has 0 bridgehead atoms. The van der Waals surface area contributed by atoms with Crippen molar-refractivity contribution in [2.24, 2.45) is 0 Å². The topological polar surface area (TPSA) is 41.6 Å². The Morgan fingerprint density at radius 2 is 1.86 bits per heavy atom. The molecule has 0 aromatic heterocycles. The zero-order valence-electron chi connectivity index (χ0n) is 7.27. The SMILES string of the molecule is O=C(ONC1CCCCC1)N(S)S.[KH]. The van der Waals surface area contributed by atoms with Gasteiger partial charge in [-0.15, -0.1) is 5.48 Å². The third-order valence-corrected chi connectivity index (χ3v) is 2.41. The van der Waals surface area contributed by atoms with Crippen LogP contribution in [-0.4, -0.2) is 67.2 Å². The average molecular weight is 262 g/mol. The van der Waals surface area contributed by atoms with Crippen molar-refractivity contribution in [3.63, 3.8) is 0 Å². The van der Waals surface area contributed by atoms with Gasteiger partial charge in [-0.05, 0) is 38.5 Å². The molecule has 0 heterocycles. The Labute approximate surface area is 138 Å². The molecule has 0 radical (unpaired) electrons. The van der Waals surface area contributed by atoms with Crippen LogP contribution >= 0.6 is 25.6 Å². The van der Waals surface area contributed by atoms with Gasteiger partial charge in [0.1, 0.15) is 0 Å². The van der Waals surface area contributed by atoms with Crippen molar-refractivity contribution in [3.8, 4) is 0 Å². The first-order valence-corrected chi connectivity index (χ1v) is 5.14. The molecule has 0 aliphatic heterocycles. The summed E-state index contributed by atoms with van der Waals surface area (Å²) in [5.41, 5.74) is 2.71. The Balaban J connectivity index is 0.00000169. The number of nitrogens with zero attached hydrogens (tertiary/aromatic N) is 1. The first kappa shape index (κ1) is 15.6. The van der Waals surface area contributed by atoms with E-state index in [1.807, 2.05) is 0 Å². The maximum absolute atomic E-state index is 10.9. The minimum atomic E-state index is -0.600. The van der Waals surface area contributed by atoms with Crippen LogP contribution in [0.3, 0.4) is 0 Å². The summed E-state index contributed by atoms with van der Waals surface area (Å²) in [4.78, 5) is 15.6. The standard InChI is InChI=1S/C7H14N2O2S2.K.H/c10-7(9(12)13)11-8-6-4-2-1-3-5-6;;/h6,8,12-13H,1-5H2;;. The van der Waals surface area contributed by atoms with Gasteiger partial charge in [-0.2, -0.15) is 3.71 Å². The fourth-order valence-electron chi connectivity index (χ4n) is 1.40. The fourth-order valence-corrected chi connectivity index (χ4v) is 1.48. The van der Waals surface area contributed by atoms with Gasteiger partial charge in [0.2, 0.25) is 0 Å². The zero-order chi connectivity index (χ0) is 9.68. The molecule has 14 heavy (non-hydrogen) atoms. The molecule has 1 rings (SSSR count). The van der Waals surface area contributed by atoms with Crippen LogP contribution in [0.5, 0.6) is 0 Å². The third kappa shape index (κ3) is 6.21. The number of carbonyl (C=O) groups excluding carboxylic acids is 1. The summed E-state index contributed by atoms with van der Waals surface area (Å²) < 4.78 is 0.801. The molecule has 0 aromatic rings. The second-order valence-corrected chi connectivity index (χ2v) is 4.23. The van der Waals surface area contributed by atoms with E-state index < -0.39 is 6.09 Å². The number of carbonyl (C=O) groups is 1. The van der Waals surface area contributed by atoms with Crippen LogP contribution in [0.4, 0.5) is 4.79 Å². The van der Waals surface area contributed by atoms with Crippen LogP contribution in [0.25, 0.3) is 0 Å². The number of hydroxylamine groups is 1. The van der Waals surface area contributed by atoms with Gasteiger partial charge in [-0.3, -0.25) is 0 Å². The van der Waals surface area contributed by atoms with Crippen molar-refractivity contribution in [3.05, 3.63) is 0 Å². The second kappa shape index (κ2) is 8.69. The van der Waals surface area contributed by atoms with E-state index in [9.17, 15) is 4.79 Å². The minimum absolute atomic E-state index is 0. The van der Waals surface area contributed by atoms with E-state index in [1.165, 1.54) is 19.3 Å². The normalized spacial score (nSPS) is 17.0. The van der Waals surface area contributed by atoms with Gasteiger partial charge in [0, 0.05) is 6.04 Å². The molecule has 1 aliphatic carbocycles. The van der Waals surface area contributed by atoms with Crippen LogP contribution < -0.4 is 5.48 Å². The van der Waals surface area contributed by atoms with Crippen LogP contribution in [-0.2, 0) is 4.84 Å². The molecule has 1 amide bonds. The van der Waals surface area contributed by atoms with E-state index in [0.29, 0.717) is 6.04 Å². The van der Waals surface area contributed by atoms with Gasteiger partial charge in [0.15, 0.2) is 0 Å². The summed E-state index contributed by atoms with van der Waals surface area (Å²) in [5.74, 6) is 0. The molecule has 1 aliphatic rings. The molecule has 0 atom stereocenters. The number of hydrogen-bond donors (Lipinski definition) is 3. The number of nitrogens with one attached hydrogen (secondary N) is 1. The number of hydrogen-bond acceptors (Lipinski definition) is 5. The first-order chi connectivity index (χ1) is 6.20. The molecule has 78 valence electrons. The van der Waals surface area contributed by atoms with Gasteiger partial charge in [-0.25, -0.2) is 4.79 Å². The molecule has 1 N–H and O–H groups in total. The maximum atomic E-state index is 10.9. The molecule has 0 saturated heterocycles. The van der Waals surface area contributed by atoms with Gasteiger partial charge in [-0.1, -0.05) is 19.3 Å². The van der Waals surface area contributed by atoms with Crippen LogP contribution in [0.15, 0.2) is 0 Å². The van der Waals surface area contributed by atoms with Crippen molar-refractivity contribution in [1.82, 2.24) is 9.19 Å². The molecular formula is C7H15KN2O2S2. The van der Waals surface area contributed by atoms with Crippen molar-refractivity contribution < 1.29 is 9.63 Å². The quantitative estimate of drug-likeness (QED) is 0.399. The monoisotopic (exact) mass is 262 g/mol.